The molecule has 3 heteroatoms. The molecule has 1 heterocycles. The van der Waals surface area contributed by atoms with Gasteiger partial charge in [-0.05, 0) is 11.8 Å². The number of likely N-dealkylation sites (tertiary alicyclic amines) is 1. The summed E-state index contributed by atoms with van der Waals surface area (Å²) in [6.07, 6.45) is 0.472. The van der Waals surface area contributed by atoms with Crippen molar-refractivity contribution in [2.75, 3.05) is 26.2 Å². The molecule has 1 saturated heterocycles. The van der Waals surface area contributed by atoms with Gasteiger partial charge in [0.2, 0.25) is 0 Å². The molecule has 2 nitrogen and oxygen atoms in total. The first-order chi connectivity index (χ1) is 5.85. The van der Waals surface area contributed by atoms with Crippen LogP contribution in [0.1, 0.15) is 27.2 Å². The number of aliphatic hydroxyl groups is 1. The minimum atomic E-state index is -1.34. The summed E-state index contributed by atoms with van der Waals surface area (Å²) in [6, 6.07) is 0. The Morgan fingerprint density at radius 2 is 2.08 bits per heavy atom. The van der Waals surface area contributed by atoms with Crippen LogP contribution in [0.15, 0.2) is 0 Å². The summed E-state index contributed by atoms with van der Waals surface area (Å²) in [5.41, 5.74) is -1.13. The van der Waals surface area contributed by atoms with Gasteiger partial charge in [0.1, 0.15) is 5.67 Å². The van der Waals surface area contributed by atoms with Crippen LogP contribution in [0.2, 0.25) is 0 Å². The number of hydrogen-bond donors (Lipinski definition) is 1. The fraction of sp³-hybridized carbons (Fsp3) is 1.00. The molecule has 1 fully saturated rings. The van der Waals surface area contributed by atoms with E-state index in [4.69, 9.17) is 5.11 Å². The first-order valence-corrected chi connectivity index (χ1v) is 4.87. The summed E-state index contributed by atoms with van der Waals surface area (Å²) in [4.78, 5) is 2.09. The summed E-state index contributed by atoms with van der Waals surface area (Å²) in [7, 11) is 0. The van der Waals surface area contributed by atoms with E-state index in [0.29, 0.717) is 13.0 Å². The molecule has 0 saturated carbocycles. The Morgan fingerprint density at radius 3 is 2.46 bits per heavy atom. The fourth-order valence-electron chi connectivity index (χ4n) is 1.85. The summed E-state index contributed by atoms with van der Waals surface area (Å²) < 4.78 is 13.6. The quantitative estimate of drug-likeness (QED) is 0.710. The molecule has 78 valence electrons. The van der Waals surface area contributed by atoms with Gasteiger partial charge in [-0.15, -0.1) is 0 Å². The fourth-order valence-corrected chi connectivity index (χ4v) is 1.85. The van der Waals surface area contributed by atoms with Gasteiger partial charge in [-0.25, -0.2) is 4.39 Å². The van der Waals surface area contributed by atoms with Crippen LogP contribution in [-0.2, 0) is 0 Å². The molecule has 1 N–H and O–H groups in total. The van der Waals surface area contributed by atoms with Crippen LogP contribution < -0.4 is 0 Å². The predicted molar refractivity (Wildman–Crippen MR) is 51.4 cm³/mol. The number of aliphatic hydroxyl groups excluding tert-OH is 1. The second kappa shape index (κ2) is 3.54. The molecule has 0 bridgehead atoms. The summed E-state index contributed by atoms with van der Waals surface area (Å²) >= 11 is 0. The van der Waals surface area contributed by atoms with Crippen molar-refractivity contribution in [1.29, 1.82) is 0 Å². The highest BCUT2D eigenvalue weighted by atomic mass is 19.1. The maximum Gasteiger partial charge on any atom is 0.147 e. The van der Waals surface area contributed by atoms with Crippen molar-refractivity contribution in [3.8, 4) is 0 Å². The Balaban J connectivity index is 2.42. The van der Waals surface area contributed by atoms with E-state index in [9.17, 15) is 4.39 Å². The summed E-state index contributed by atoms with van der Waals surface area (Å²) in [6.45, 7) is 8.15. The van der Waals surface area contributed by atoms with Crippen molar-refractivity contribution in [2.45, 2.75) is 32.9 Å². The number of rotatable bonds is 2. The normalized spacial score (nSPS) is 31.2. The lowest BCUT2D eigenvalue weighted by Gasteiger charge is -2.26. The van der Waals surface area contributed by atoms with Crippen molar-refractivity contribution >= 4 is 0 Å². The highest BCUT2D eigenvalue weighted by Crippen LogP contribution is 2.27. The smallest absolute Gasteiger partial charge is 0.147 e. The molecule has 1 aliphatic rings. The highest BCUT2D eigenvalue weighted by molar-refractivity contribution is 4.91. The molecule has 0 aromatic carbocycles. The van der Waals surface area contributed by atoms with Crippen molar-refractivity contribution in [3.63, 3.8) is 0 Å². The molecule has 1 rings (SSSR count). The van der Waals surface area contributed by atoms with Crippen LogP contribution in [0.5, 0.6) is 0 Å². The summed E-state index contributed by atoms with van der Waals surface area (Å²) in [5.74, 6) is 0. The van der Waals surface area contributed by atoms with Crippen LogP contribution in [0.3, 0.4) is 0 Å². The van der Waals surface area contributed by atoms with E-state index in [1.54, 1.807) is 0 Å². The van der Waals surface area contributed by atoms with Gasteiger partial charge in [0.05, 0.1) is 6.61 Å². The predicted octanol–water partition coefficient (Wildman–Crippen LogP) is 1.44. The standard InChI is InChI=1S/C10H20FNO/c1-9(2,3)6-12-5-4-10(11,7-12)8-13/h13H,4-8H2,1-3H3. The van der Waals surface area contributed by atoms with E-state index < -0.39 is 5.67 Å². The third-order valence-electron chi connectivity index (χ3n) is 2.36. The van der Waals surface area contributed by atoms with Gasteiger partial charge in [0.15, 0.2) is 0 Å². The minimum Gasteiger partial charge on any atom is -0.393 e. The van der Waals surface area contributed by atoms with E-state index in [0.717, 1.165) is 13.1 Å². The molecule has 1 atom stereocenters. The molecule has 0 aromatic heterocycles. The van der Waals surface area contributed by atoms with Crippen LogP contribution in [0, 0.1) is 5.41 Å². The lowest BCUT2D eigenvalue weighted by molar-refractivity contribution is 0.0733. The maximum atomic E-state index is 13.6. The Hall–Kier alpha value is -0.150. The largest absolute Gasteiger partial charge is 0.393 e. The summed E-state index contributed by atoms with van der Waals surface area (Å²) in [5, 5.41) is 8.84. The Kier molecular flexibility index (Phi) is 2.98. The average molecular weight is 189 g/mol. The molecule has 1 unspecified atom stereocenters. The molecule has 1 aliphatic heterocycles. The van der Waals surface area contributed by atoms with Gasteiger partial charge in [-0.1, -0.05) is 20.8 Å². The number of hydrogen-bond acceptors (Lipinski definition) is 2. The first-order valence-electron chi connectivity index (χ1n) is 4.87. The van der Waals surface area contributed by atoms with Crippen LogP contribution in [0.25, 0.3) is 0 Å². The molecule has 13 heavy (non-hydrogen) atoms. The van der Waals surface area contributed by atoms with Gasteiger partial charge < -0.3 is 5.11 Å². The molecule has 0 radical (unpaired) electrons. The number of halogens is 1. The lowest BCUT2D eigenvalue weighted by Crippen LogP contribution is -2.36. The number of nitrogens with zero attached hydrogens (tertiary/aromatic N) is 1. The third kappa shape index (κ3) is 3.24. The molecule has 0 aliphatic carbocycles. The Bertz CT molecular complexity index is 178. The second-order valence-electron chi connectivity index (χ2n) is 5.33. The SMILES string of the molecule is CC(C)(C)CN1CCC(F)(CO)C1. The first kappa shape index (κ1) is 10.9. The van der Waals surface area contributed by atoms with E-state index in [1.807, 2.05) is 0 Å². The zero-order valence-electron chi connectivity index (χ0n) is 8.81. The molecule has 0 spiro atoms. The van der Waals surface area contributed by atoms with Gasteiger partial charge in [-0.2, -0.15) is 0 Å². The van der Waals surface area contributed by atoms with E-state index in [2.05, 4.69) is 25.7 Å². The zero-order chi connectivity index (χ0) is 10.1. The average Bonchev–Trinajstić information content (AvgIpc) is 2.30. The van der Waals surface area contributed by atoms with Gasteiger partial charge in [0.25, 0.3) is 0 Å². The minimum absolute atomic E-state index is 0.209. The zero-order valence-corrected chi connectivity index (χ0v) is 8.81. The van der Waals surface area contributed by atoms with Gasteiger partial charge >= 0.3 is 0 Å². The van der Waals surface area contributed by atoms with Gasteiger partial charge in [-0.3, -0.25) is 4.90 Å². The van der Waals surface area contributed by atoms with Crippen molar-refractivity contribution < 1.29 is 9.50 Å². The van der Waals surface area contributed by atoms with Crippen molar-refractivity contribution in [2.24, 2.45) is 5.41 Å². The second-order valence-corrected chi connectivity index (χ2v) is 5.33. The van der Waals surface area contributed by atoms with Gasteiger partial charge in [0, 0.05) is 19.6 Å². The molecule has 0 aromatic rings. The Morgan fingerprint density at radius 1 is 1.46 bits per heavy atom. The highest BCUT2D eigenvalue weighted by Gasteiger charge is 2.38. The van der Waals surface area contributed by atoms with Crippen molar-refractivity contribution in [3.05, 3.63) is 0 Å². The van der Waals surface area contributed by atoms with E-state index in [1.165, 1.54) is 0 Å². The van der Waals surface area contributed by atoms with Crippen LogP contribution in [0.4, 0.5) is 4.39 Å². The maximum absolute atomic E-state index is 13.6. The molecule has 0 amide bonds. The molecular weight excluding hydrogens is 169 g/mol. The topological polar surface area (TPSA) is 23.5 Å². The number of alkyl halides is 1. The van der Waals surface area contributed by atoms with E-state index >= 15 is 0 Å². The van der Waals surface area contributed by atoms with Crippen molar-refractivity contribution in [1.82, 2.24) is 4.90 Å². The van der Waals surface area contributed by atoms with E-state index in [-0.39, 0.29) is 12.0 Å². The third-order valence-corrected chi connectivity index (χ3v) is 2.36. The van der Waals surface area contributed by atoms with Crippen LogP contribution >= 0.6 is 0 Å². The monoisotopic (exact) mass is 189 g/mol. The van der Waals surface area contributed by atoms with Crippen LogP contribution in [-0.4, -0.2) is 41.9 Å². The Labute approximate surface area is 79.7 Å². The lowest BCUT2D eigenvalue weighted by atomic mass is 9.96. The molecular formula is C10H20FNO.